The second-order valence-corrected chi connectivity index (χ2v) is 13.8. The minimum Gasteiger partial charge on any atom is -0.219 e. The Balaban J connectivity index is 1.34. The second-order valence-electron chi connectivity index (χ2n) is 11.9. The van der Waals surface area contributed by atoms with Crippen LogP contribution in [0, 0.1) is 11.3 Å². The molecule has 0 saturated heterocycles. The van der Waals surface area contributed by atoms with E-state index in [4.69, 9.17) is 0 Å². The first-order chi connectivity index (χ1) is 21.0. The third-order valence-electron chi connectivity index (χ3n) is 8.88. The van der Waals surface area contributed by atoms with Crippen LogP contribution in [0.3, 0.4) is 0 Å². The van der Waals surface area contributed by atoms with Gasteiger partial charge < -0.3 is 0 Å². The van der Waals surface area contributed by atoms with E-state index in [-0.39, 0.29) is 9.79 Å². The molecule has 0 saturated carbocycles. The van der Waals surface area contributed by atoms with Crippen molar-refractivity contribution < 1.29 is 8.42 Å². The van der Waals surface area contributed by atoms with Crippen molar-refractivity contribution in [2.45, 2.75) is 99.7 Å². The number of nitriles is 1. The van der Waals surface area contributed by atoms with E-state index in [2.05, 4.69) is 25.1 Å². The summed E-state index contributed by atoms with van der Waals surface area (Å²) < 4.78 is 28.4. The van der Waals surface area contributed by atoms with E-state index < -0.39 is 15.8 Å². The Morgan fingerprint density at radius 3 is 2.00 bits per heavy atom. The fraction of sp³-hybridized carbons (Fsp3) is 0.359. The van der Waals surface area contributed by atoms with Crippen LogP contribution in [0.5, 0.6) is 0 Å². The van der Waals surface area contributed by atoms with E-state index in [1.165, 1.54) is 63.4 Å². The fourth-order valence-electron chi connectivity index (χ4n) is 6.49. The Hall–Kier alpha value is -3.68. The van der Waals surface area contributed by atoms with Crippen LogP contribution in [-0.2, 0) is 22.7 Å². The minimum atomic E-state index is -3.85. The van der Waals surface area contributed by atoms with E-state index in [9.17, 15) is 13.7 Å². The van der Waals surface area contributed by atoms with Gasteiger partial charge in [0.05, 0.1) is 21.8 Å². The predicted octanol–water partition coefficient (Wildman–Crippen LogP) is 10.2. The molecular formula is C39H43NO2S. The molecule has 0 fully saturated rings. The summed E-state index contributed by atoms with van der Waals surface area (Å²) in [5.74, 6) is -0.689. The molecule has 4 aromatic rings. The van der Waals surface area contributed by atoms with Crippen LogP contribution in [0.25, 0.3) is 11.1 Å². The Morgan fingerprint density at radius 2 is 1.33 bits per heavy atom. The second kappa shape index (κ2) is 14.7. The number of rotatable bonds is 15. The molecule has 0 radical (unpaired) electrons. The monoisotopic (exact) mass is 589 g/mol. The van der Waals surface area contributed by atoms with Crippen molar-refractivity contribution in [3.05, 3.63) is 119 Å². The molecule has 5 rings (SSSR count). The molecule has 1 atom stereocenters. The molecule has 1 aliphatic carbocycles. The maximum atomic E-state index is 14.2. The van der Waals surface area contributed by atoms with Crippen molar-refractivity contribution in [2.24, 2.45) is 0 Å². The standard InChI is InChI=1S/C39H43NO2S/c1-2-3-4-5-6-7-8-9-10-12-17-30-22-24-33(25-23-30)43(41,42)38-27-26-35-34-21-16-15-20-32(34)28-36(35)39(38)37(29-40)31-18-13-11-14-19-31/h11,13-16,18-27,37H,2-10,12,17,28H2,1H3. The van der Waals surface area contributed by atoms with Crippen LogP contribution in [0.1, 0.15) is 105 Å². The van der Waals surface area contributed by atoms with Crippen molar-refractivity contribution in [2.75, 3.05) is 0 Å². The Morgan fingerprint density at radius 1 is 0.698 bits per heavy atom. The van der Waals surface area contributed by atoms with Gasteiger partial charge in [-0.1, -0.05) is 138 Å². The van der Waals surface area contributed by atoms with Gasteiger partial charge in [-0.25, -0.2) is 8.42 Å². The van der Waals surface area contributed by atoms with Crippen LogP contribution in [0.2, 0.25) is 0 Å². The third kappa shape index (κ3) is 7.11. The lowest BCUT2D eigenvalue weighted by Crippen LogP contribution is -2.12. The first-order valence-electron chi connectivity index (χ1n) is 16.1. The molecule has 1 unspecified atom stereocenters. The number of hydrogen-bond acceptors (Lipinski definition) is 3. The molecule has 43 heavy (non-hydrogen) atoms. The highest BCUT2D eigenvalue weighted by Crippen LogP contribution is 2.45. The summed E-state index contributed by atoms with van der Waals surface area (Å²) in [7, 11) is -3.85. The van der Waals surface area contributed by atoms with Gasteiger partial charge in [0.15, 0.2) is 0 Å². The first-order valence-corrected chi connectivity index (χ1v) is 17.6. The number of aryl methyl sites for hydroxylation is 1. The summed E-state index contributed by atoms with van der Waals surface area (Å²) in [5, 5.41) is 10.4. The molecule has 1 aliphatic rings. The molecule has 0 heterocycles. The van der Waals surface area contributed by atoms with Gasteiger partial charge in [0.25, 0.3) is 0 Å². The van der Waals surface area contributed by atoms with E-state index in [0.717, 1.165) is 40.7 Å². The van der Waals surface area contributed by atoms with Crippen molar-refractivity contribution in [1.82, 2.24) is 0 Å². The summed E-state index contributed by atoms with van der Waals surface area (Å²) in [6.07, 6.45) is 14.6. The van der Waals surface area contributed by atoms with Crippen LogP contribution in [0.15, 0.2) is 101 Å². The molecule has 0 bridgehead atoms. The maximum Gasteiger partial charge on any atom is 0.206 e. The normalized spacial score (nSPS) is 12.8. The summed E-state index contributed by atoms with van der Waals surface area (Å²) in [6, 6.07) is 31.2. The van der Waals surface area contributed by atoms with Gasteiger partial charge in [-0.05, 0) is 76.4 Å². The Labute approximate surface area is 258 Å². The number of sulfone groups is 1. The molecule has 0 amide bonds. The largest absolute Gasteiger partial charge is 0.219 e. The summed E-state index contributed by atoms with van der Waals surface area (Å²) in [4.78, 5) is 0.512. The molecular weight excluding hydrogens is 547 g/mol. The van der Waals surface area contributed by atoms with Gasteiger partial charge in [-0.15, -0.1) is 0 Å². The Bertz CT molecular complexity index is 1650. The highest BCUT2D eigenvalue weighted by molar-refractivity contribution is 7.91. The van der Waals surface area contributed by atoms with E-state index in [1.807, 2.05) is 60.7 Å². The molecule has 4 aromatic carbocycles. The van der Waals surface area contributed by atoms with Crippen LogP contribution in [-0.4, -0.2) is 8.42 Å². The maximum absolute atomic E-state index is 14.2. The van der Waals surface area contributed by atoms with Gasteiger partial charge in [0, 0.05) is 0 Å². The molecule has 3 nitrogen and oxygen atoms in total. The van der Waals surface area contributed by atoms with Crippen molar-refractivity contribution in [1.29, 1.82) is 5.26 Å². The fourth-order valence-corrected chi connectivity index (χ4v) is 8.02. The van der Waals surface area contributed by atoms with Gasteiger partial charge in [0.2, 0.25) is 9.84 Å². The zero-order chi connectivity index (χ0) is 30.1. The number of benzene rings is 4. The zero-order valence-corrected chi connectivity index (χ0v) is 26.2. The molecule has 0 N–H and O–H groups in total. The van der Waals surface area contributed by atoms with Crippen molar-refractivity contribution in [3.63, 3.8) is 0 Å². The van der Waals surface area contributed by atoms with Gasteiger partial charge in [-0.3, -0.25) is 0 Å². The van der Waals surface area contributed by atoms with Gasteiger partial charge >= 0.3 is 0 Å². The van der Waals surface area contributed by atoms with Crippen LogP contribution < -0.4 is 0 Å². The smallest absolute Gasteiger partial charge is 0.206 e. The van der Waals surface area contributed by atoms with Crippen LogP contribution in [0.4, 0.5) is 0 Å². The zero-order valence-electron chi connectivity index (χ0n) is 25.4. The molecule has 0 spiro atoms. The van der Waals surface area contributed by atoms with E-state index in [0.29, 0.717) is 12.0 Å². The number of nitrogens with zero attached hydrogens (tertiary/aromatic N) is 1. The van der Waals surface area contributed by atoms with Gasteiger partial charge in [0.1, 0.15) is 0 Å². The highest BCUT2D eigenvalue weighted by atomic mass is 32.2. The van der Waals surface area contributed by atoms with Crippen molar-refractivity contribution >= 4 is 9.84 Å². The highest BCUT2D eigenvalue weighted by Gasteiger charge is 2.33. The average Bonchev–Trinajstić information content (AvgIpc) is 3.42. The lowest BCUT2D eigenvalue weighted by atomic mass is 9.87. The minimum absolute atomic E-state index is 0.233. The quantitative estimate of drug-likeness (QED) is 0.114. The van der Waals surface area contributed by atoms with Crippen LogP contribution >= 0.6 is 0 Å². The van der Waals surface area contributed by atoms with Gasteiger partial charge in [-0.2, -0.15) is 5.26 Å². The number of hydrogen-bond donors (Lipinski definition) is 0. The predicted molar refractivity (Wildman–Crippen MR) is 176 cm³/mol. The lowest BCUT2D eigenvalue weighted by molar-refractivity contribution is 0.556. The topological polar surface area (TPSA) is 57.9 Å². The lowest BCUT2D eigenvalue weighted by Gasteiger charge is -2.20. The van der Waals surface area contributed by atoms with E-state index in [1.54, 1.807) is 18.2 Å². The first kappa shape index (κ1) is 30.8. The molecule has 4 heteroatoms. The average molecular weight is 590 g/mol. The van der Waals surface area contributed by atoms with E-state index >= 15 is 0 Å². The molecule has 222 valence electrons. The summed E-state index contributed by atoms with van der Waals surface area (Å²) in [5.41, 5.74) is 6.82. The van der Waals surface area contributed by atoms with Crippen molar-refractivity contribution in [3.8, 4) is 17.2 Å². The SMILES string of the molecule is CCCCCCCCCCCCc1ccc(S(=O)(=O)c2ccc3c(c2C(C#N)c2ccccc2)Cc2ccccc2-3)cc1. The third-order valence-corrected chi connectivity index (χ3v) is 10.7. The molecule has 0 aliphatic heterocycles. The molecule has 0 aromatic heterocycles. The number of fused-ring (bicyclic) bond motifs is 3. The summed E-state index contributed by atoms with van der Waals surface area (Å²) >= 11 is 0. The Kier molecular flexibility index (Phi) is 10.5. The number of unbranched alkanes of at least 4 members (excludes halogenated alkanes) is 9. The summed E-state index contributed by atoms with van der Waals surface area (Å²) in [6.45, 7) is 2.26.